The Hall–Kier alpha value is 0.520. The van der Waals surface area contributed by atoms with Crippen molar-refractivity contribution in [2.45, 2.75) is 7.43 Å². The van der Waals surface area contributed by atoms with E-state index in [9.17, 15) is 8.58 Å². The molecule has 0 bridgehead atoms. The quantitative estimate of drug-likeness (QED) is 0.527. The molecule has 0 aromatic carbocycles. The molecule has 0 fully saturated rings. The standard InChI is InChI=1S/CH4.F3I/c;1-4(2)3/h1H4;. The zero-order chi connectivity index (χ0) is 3.58. The Kier molecular flexibility index (Phi) is 8.23. The molecule has 4 heteroatoms. The predicted octanol–water partition coefficient (Wildman–Crippen LogP) is 2.78. The van der Waals surface area contributed by atoms with Crippen LogP contribution in [0, 0.1) is 0 Å². The molecule has 0 rings (SSSR count). The first kappa shape index (κ1) is 9.10. The normalized spacial score (nSPS) is 9.00. The third-order valence-corrected chi connectivity index (χ3v) is 0. The van der Waals surface area contributed by atoms with Gasteiger partial charge in [0.2, 0.25) is 0 Å². The van der Waals surface area contributed by atoms with E-state index in [4.69, 9.17) is 0 Å². The fourth-order valence-corrected chi connectivity index (χ4v) is 0. The molecule has 0 aromatic rings. The molecule has 0 aliphatic rings. The van der Waals surface area contributed by atoms with E-state index in [1.165, 1.54) is 0 Å². The van der Waals surface area contributed by atoms with E-state index in [1.54, 1.807) is 0 Å². The molecule has 0 unspecified atom stereocenters. The van der Waals surface area contributed by atoms with Gasteiger partial charge in [-0.25, -0.2) is 0 Å². The first-order valence-electron chi connectivity index (χ1n) is 0.429. The monoisotopic (exact) mass is 200 g/mol. The van der Waals surface area contributed by atoms with Crippen molar-refractivity contribution >= 4 is 21.5 Å². The Bertz CT molecular complexity index is 11.6. The van der Waals surface area contributed by atoms with Gasteiger partial charge < -0.3 is 0 Å². The van der Waals surface area contributed by atoms with Gasteiger partial charge in [-0.2, -0.15) is 0 Å². The third kappa shape index (κ3) is 106. The van der Waals surface area contributed by atoms with Crippen LogP contribution >= 0.6 is 21.5 Å². The molecule has 0 atom stereocenters. The maximum atomic E-state index is 9.82. The van der Waals surface area contributed by atoms with Crippen LogP contribution < -0.4 is 0 Å². The Balaban J connectivity index is 0. The average Bonchev–Trinajstić information content (AvgIpc) is 0.811. The Morgan fingerprint density at radius 3 is 1.00 bits per heavy atom. The summed E-state index contributed by atoms with van der Waals surface area (Å²) in [7, 11) is 0. The van der Waals surface area contributed by atoms with Gasteiger partial charge in [-0.05, 0) is 0 Å². The summed E-state index contributed by atoms with van der Waals surface area (Å²) in [6.07, 6.45) is 0. The SMILES string of the molecule is C.FI(F)F. The van der Waals surface area contributed by atoms with Crippen LogP contribution in [0.3, 0.4) is 0 Å². The number of rotatable bonds is 0. The van der Waals surface area contributed by atoms with Crippen LogP contribution in [0.2, 0.25) is 0 Å². The van der Waals surface area contributed by atoms with Crippen LogP contribution in [0.15, 0.2) is 0 Å². The molecular formula is CH4F3I. The summed E-state index contributed by atoms with van der Waals surface area (Å²) in [5.74, 6) is 0. The van der Waals surface area contributed by atoms with Crippen molar-refractivity contribution in [3.8, 4) is 0 Å². The van der Waals surface area contributed by atoms with Gasteiger partial charge >= 0.3 is 30.1 Å². The molecule has 0 saturated heterocycles. The number of halogens is 4. The topological polar surface area (TPSA) is 0 Å². The van der Waals surface area contributed by atoms with Gasteiger partial charge in [0, 0.05) is 0 Å². The van der Waals surface area contributed by atoms with Crippen LogP contribution in [0.1, 0.15) is 7.43 Å². The summed E-state index contributed by atoms with van der Waals surface area (Å²) in [5.41, 5.74) is 0. The second-order valence-electron chi connectivity index (χ2n) is 0.162. The van der Waals surface area contributed by atoms with Crippen LogP contribution in [0.4, 0.5) is 8.58 Å². The second kappa shape index (κ2) is 4.52. The molecule has 0 nitrogen and oxygen atoms in total. The Labute approximate surface area is 38.1 Å². The van der Waals surface area contributed by atoms with E-state index < -0.39 is 21.5 Å². The summed E-state index contributed by atoms with van der Waals surface area (Å²) in [4.78, 5) is 0. The fourth-order valence-electron chi connectivity index (χ4n) is 0. The van der Waals surface area contributed by atoms with Gasteiger partial charge in [0.15, 0.2) is 0 Å². The summed E-state index contributed by atoms with van der Waals surface area (Å²) in [6, 6.07) is 0. The van der Waals surface area contributed by atoms with Gasteiger partial charge in [-0.15, -0.1) is 0 Å². The van der Waals surface area contributed by atoms with Crippen molar-refractivity contribution in [3.63, 3.8) is 0 Å². The molecule has 0 spiro atoms. The van der Waals surface area contributed by atoms with E-state index >= 15 is 0 Å². The van der Waals surface area contributed by atoms with Crippen LogP contribution in [-0.4, -0.2) is 0 Å². The minimum absolute atomic E-state index is 0. The second-order valence-corrected chi connectivity index (χ2v) is 1.09. The first-order chi connectivity index (χ1) is 1.73. The summed E-state index contributed by atoms with van der Waals surface area (Å²) < 4.78 is 29.5. The summed E-state index contributed by atoms with van der Waals surface area (Å²) >= 11 is -4.76. The van der Waals surface area contributed by atoms with E-state index in [0.29, 0.717) is 0 Å². The molecule has 0 aliphatic carbocycles. The van der Waals surface area contributed by atoms with Gasteiger partial charge in [0.05, 0.1) is 0 Å². The van der Waals surface area contributed by atoms with Crippen molar-refractivity contribution in [1.82, 2.24) is 0 Å². The van der Waals surface area contributed by atoms with Crippen LogP contribution in [-0.2, 0) is 0 Å². The summed E-state index contributed by atoms with van der Waals surface area (Å²) in [5, 5.41) is 0. The van der Waals surface area contributed by atoms with Crippen molar-refractivity contribution in [2.24, 2.45) is 0 Å². The molecule has 0 amide bonds. The van der Waals surface area contributed by atoms with Crippen LogP contribution in [0.25, 0.3) is 0 Å². The molecule has 36 valence electrons. The number of hydrogen-bond acceptors (Lipinski definition) is 0. The van der Waals surface area contributed by atoms with Gasteiger partial charge in [0.1, 0.15) is 0 Å². The Morgan fingerprint density at radius 1 is 1.00 bits per heavy atom. The molecule has 0 saturated carbocycles. The van der Waals surface area contributed by atoms with Gasteiger partial charge in [0.25, 0.3) is 0 Å². The Morgan fingerprint density at radius 2 is 1.00 bits per heavy atom. The molecule has 0 heterocycles. The van der Waals surface area contributed by atoms with Crippen molar-refractivity contribution in [3.05, 3.63) is 0 Å². The first-order valence-corrected chi connectivity index (χ1v) is 2.87. The third-order valence-electron chi connectivity index (χ3n) is 0. The molecule has 0 N–H and O–H groups in total. The van der Waals surface area contributed by atoms with E-state index in [1.807, 2.05) is 0 Å². The number of hydrogen-bond donors (Lipinski definition) is 0. The van der Waals surface area contributed by atoms with Gasteiger partial charge in [-0.1, -0.05) is 7.43 Å². The average molecular weight is 200 g/mol. The summed E-state index contributed by atoms with van der Waals surface area (Å²) in [6.45, 7) is 0. The predicted molar refractivity (Wildman–Crippen MR) is 24.1 cm³/mol. The molecule has 0 aromatic heterocycles. The zero-order valence-corrected chi connectivity index (χ0v) is 3.67. The molecule has 0 radical (unpaired) electrons. The minimum atomic E-state index is -4.76. The molecule has 5 heavy (non-hydrogen) atoms. The van der Waals surface area contributed by atoms with Gasteiger partial charge in [-0.3, -0.25) is 0 Å². The zero-order valence-electron chi connectivity index (χ0n) is 1.51. The van der Waals surface area contributed by atoms with Crippen molar-refractivity contribution in [1.29, 1.82) is 0 Å². The fraction of sp³-hybridized carbons (Fsp3) is 1.00. The molecule has 0 aliphatic heterocycles. The molecular weight excluding hydrogens is 196 g/mol. The van der Waals surface area contributed by atoms with E-state index in [-0.39, 0.29) is 7.43 Å². The van der Waals surface area contributed by atoms with Crippen molar-refractivity contribution < 1.29 is 8.58 Å². The maximum absolute atomic E-state index is 9.82. The van der Waals surface area contributed by atoms with E-state index in [0.717, 1.165) is 0 Å². The van der Waals surface area contributed by atoms with Crippen molar-refractivity contribution in [2.75, 3.05) is 0 Å². The van der Waals surface area contributed by atoms with Crippen LogP contribution in [0.5, 0.6) is 0 Å². The van der Waals surface area contributed by atoms with E-state index in [2.05, 4.69) is 0 Å².